The predicted octanol–water partition coefficient (Wildman–Crippen LogP) is 0.221. The minimum absolute atomic E-state index is 0.160. The number of allylic oxidation sites excluding steroid dienone is 3. The normalized spacial score (nSPS) is 16.5. The molecule has 1 aromatic carbocycles. The zero-order valence-electron chi connectivity index (χ0n) is 8.57. The van der Waals surface area contributed by atoms with Crippen LogP contribution >= 0.6 is 0 Å². The minimum atomic E-state index is -0.782. The average molecular weight is 205 g/mol. The largest absolute Gasteiger partial charge is 0.503 e. The molecule has 0 saturated carbocycles. The zero-order valence-corrected chi connectivity index (χ0v) is 8.57. The fourth-order valence-corrected chi connectivity index (χ4v) is 1.60. The van der Waals surface area contributed by atoms with Gasteiger partial charge in [-0.15, -0.1) is 0 Å². The molecule has 4 heteroatoms. The molecule has 0 fully saturated rings. The molecule has 78 valence electrons. The van der Waals surface area contributed by atoms with Gasteiger partial charge in [0.2, 0.25) is 5.43 Å². The van der Waals surface area contributed by atoms with E-state index in [1.165, 1.54) is 0 Å². The quantitative estimate of drug-likeness (QED) is 0.666. The first-order valence-electron chi connectivity index (χ1n) is 4.64. The van der Waals surface area contributed by atoms with Crippen LogP contribution in [0.2, 0.25) is 0 Å². The summed E-state index contributed by atoms with van der Waals surface area (Å²) >= 11 is 0. The third kappa shape index (κ3) is 1.29. The molecule has 0 radical (unpaired) electrons. The van der Waals surface area contributed by atoms with Gasteiger partial charge in [0.05, 0.1) is 5.56 Å². The molecule has 0 aromatic heterocycles. The van der Waals surface area contributed by atoms with Crippen LogP contribution < -0.4 is 10.9 Å². The molecular formula is C11H11NO3. The van der Waals surface area contributed by atoms with Crippen molar-refractivity contribution in [3.05, 3.63) is 43.9 Å². The van der Waals surface area contributed by atoms with E-state index < -0.39 is 16.6 Å². The third-order valence-corrected chi connectivity index (χ3v) is 2.73. The van der Waals surface area contributed by atoms with Crippen molar-refractivity contribution in [1.29, 1.82) is 0 Å². The summed E-state index contributed by atoms with van der Waals surface area (Å²) in [6.07, 6.45) is 3.61. The van der Waals surface area contributed by atoms with Gasteiger partial charge in [0, 0.05) is 19.3 Å². The number of likely N-dealkylation sites (N-methyl/N-ethyl adjacent to an activating group) is 1. The average Bonchev–Trinajstić information content (AvgIpc) is 2.23. The first-order chi connectivity index (χ1) is 7.02. The molecule has 0 saturated heterocycles. The summed E-state index contributed by atoms with van der Waals surface area (Å²) in [5.41, 5.74) is 0.434. The molecule has 0 spiro atoms. The zero-order chi connectivity index (χ0) is 11.2. The van der Waals surface area contributed by atoms with Crippen LogP contribution in [0.4, 0.5) is 0 Å². The molecular weight excluding hydrogens is 194 g/mol. The summed E-state index contributed by atoms with van der Waals surface area (Å²) in [7, 11) is 1.93. The van der Waals surface area contributed by atoms with Gasteiger partial charge in [-0.3, -0.25) is 9.59 Å². The van der Waals surface area contributed by atoms with Crippen LogP contribution in [-0.2, 0) is 0 Å². The van der Waals surface area contributed by atoms with Gasteiger partial charge in [0.25, 0.3) is 5.43 Å². The van der Waals surface area contributed by atoms with E-state index in [2.05, 4.69) is 0 Å². The standard InChI is InChI=1S/C11H11NO3/c1-6-5-7(3-4-12(6)2)8-9(13)11(15)10(8)14/h3,5,13H,4H2,1-2H3. The first kappa shape index (κ1) is 9.71. The SMILES string of the molecule is CC1=CC(c2c(O)c(=O)c2=O)=CCN1C. The molecule has 4 nitrogen and oxygen atoms in total. The number of aromatic hydroxyl groups is 1. The van der Waals surface area contributed by atoms with Crippen LogP contribution in [0.1, 0.15) is 12.5 Å². The van der Waals surface area contributed by atoms with Crippen molar-refractivity contribution in [2.75, 3.05) is 13.6 Å². The van der Waals surface area contributed by atoms with Gasteiger partial charge in [-0.05, 0) is 18.6 Å². The van der Waals surface area contributed by atoms with Crippen molar-refractivity contribution >= 4 is 5.57 Å². The van der Waals surface area contributed by atoms with Crippen LogP contribution in [-0.4, -0.2) is 23.6 Å². The summed E-state index contributed by atoms with van der Waals surface area (Å²) in [6, 6.07) is 0. The second-order valence-corrected chi connectivity index (χ2v) is 3.71. The Morgan fingerprint density at radius 2 is 2.00 bits per heavy atom. The Kier molecular flexibility index (Phi) is 2.00. The highest BCUT2D eigenvalue weighted by atomic mass is 16.3. The molecule has 1 heterocycles. The van der Waals surface area contributed by atoms with Crippen LogP contribution in [0.5, 0.6) is 5.75 Å². The lowest BCUT2D eigenvalue weighted by Gasteiger charge is -2.23. The predicted molar refractivity (Wildman–Crippen MR) is 57.4 cm³/mol. The van der Waals surface area contributed by atoms with E-state index >= 15 is 0 Å². The monoisotopic (exact) mass is 205 g/mol. The van der Waals surface area contributed by atoms with Crippen molar-refractivity contribution in [3.63, 3.8) is 0 Å². The maximum absolute atomic E-state index is 11.2. The Morgan fingerprint density at radius 1 is 1.33 bits per heavy atom. The molecule has 1 N–H and O–H groups in total. The first-order valence-corrected chi connectivity index (χ1v) is 4.64. The highest BCUT2D eigenvalue weighted by molar-refractivity contribution is 5.80. The third-order valence-electron chi connectivity index (χ3n) is 2.73. The molecule has 1 aliphatic rings. The smallest absolute Gasteiger partial charge is 0.268 e. The van der Waals surface area contributed by atoms with Gasteiger partial charge in [0.1, 0.15) is 0 Å². The molecule has 0 aliphatic carbocycles. The van der Waals surface area contributed by atoms with Gasteiger partial charge in [-0.25, -0.2) is 0 Å². The Bertz CT molecular complexity index is 544. The van der Waals surface area contributed by atoms with E-state index in [0.717, 1.165) is 5.70 Å². The lowest BCUT2D eigenvalue weighted by molar-refractivity contribution is 0.455. The molecule has 0 bridgehead atoms. The molecule has 15 heavy (non-hydrogen) atoms. The maximum atomic E-state index is 11.2. The Morgan fingerprint density at radius 3 is 2.53 bits per heavy atom. The van der Waals surface area contributed by atoms with Gasteiger partial charge in [0.15, 0.2) is 5.75 Å². The van der Waals surface area contributed by atoms with E-state index in [-0.39, 0.29) is 5.56 Å². The molecule has 0 atom stereocenters. The number of hydrogen-bond acceptors (Lipinski definition) is 4. The highest BCUT2D eigenvalue weighted by Crippen LogP contribution is 2.25. The topological polar surface area (TPSA) is 57.6 Å². The lowest BCUT2D eigenvalue weighted by atomic mass is 9.97. The van der Waals surface area contributed by atoms with E-state index in [1.807, 2.05) is 24.9 Å². The second-order valence-electron chi connectivity index (χ2n) is 3.71. The summed E-state index contributed by atoms with van der Waals surface area (Å²) in [6.45, 7) is 2.59. The van der Waals surface area contributed by atoms with Crippen molar-refractivity contribution in [2.45, 2.75) is 6.92 Å². The Hall–Kier alpha value is -1.84. The van der Waals surface area contributed by atoms with E-state index in [9.17, 15) is 14.7 Å². The molecule has 0 unspecified atom stereocenters. The summed E-state index contributed by atoms with van der Waals surface area (Å²) < 4.78 is 0. The van der Waals surface area contributed by atoms with Crippen molar-refractivity contribution in [1.82, 2.24) is 4.90 Å². The highest BCUT2D eigenvalue weighted by Gasteiger charge is 2.23. The summed E-state index contributed by atoms with van der Waals surface area (Å²) in [4.78, 5) is 24.1. The summed E-state index contributed by atoms with van der Waals surface area (Å²) in [5.74, 6) is -0.403. The van der Waals surface area contributed by atoms with Crippen LogP contribution in [0.25, 0.3) is 5.57 Å². The fraction of sp³-hybridized carbons (Fsp3) is 0.273. The Labute approximate surface area is 86.5 Å². The molecule has 0 amide bonds. The van der Waals surface area contributed by atoms with Crippen LogP contribution in [0.15, 0.2) is 27.4 Å². The number of hydrogen-bond donors (Lipinski definition) is 1. The van der Waals surface area contributed by atoms with Crippen molar-refractivity contribution in [2.24, 2.45) is 0 Å². The van der Waals surface area contributed by atoms with Gasteiger partial charge in [-0.2, -0.15) is 0 Å². The van der Waals surface area contributed by atoms with Gasteiger partial charge in [-0.1, -0.05) is 6.08 Å². The van der Waals surface area contributed by atoms with Crippen LogP contribution in [0, 0.1) is 0 Å². The Balaban J connectivity index is 2.45. The van der Waals surface area contributed by atoms with Crippen LogP contribution in [0.3, 0.4) is 0 Å². The maximum Gasteiger partial charge on any atom is 0.268 e. The number of nitrogens with zero attached hydrogens (tertiary/aromatic N) is 1. The summed E-state index contributed by atoms with van der Waals surface area (Å²) in [5, 5.41) is 9.28. The van der Waals surface area contributed by atoms with E-state index in [4.69, 9.17) is 0 Å². The van der Waals surface area contributed by atoms with Crippen molar-refractivity contribution in [3.8, 4) is 5.75 Å². The van der Waals surface area contributed by atoms with E-state index in [0.29, 0.717) is 12.1 Å². The second kappa shape index (κ2) is 3.08. The van der Waals surface area contributed by atoms with Crippen molar-refractivity contribution < 1.29 is 5.11 Å². The molecule has 1 aliphatic heterocycles. The fourth-order valence-electron chi connectivity index (χ4n) is 1.60. The molecule has 1 aromatic rings. The van der Waals surface area contributed by atoms with Gasteiger partial charge < -0.3 is 10.0 Å². The minimum Gasteiger partial charge on any atom is -0.503 e. The molecule has 2 rings (SSSR count). The van der Waals surface area contributed by atoms with Gasteiger partial charge >= 0.3 is 0 Å². The van der Waals surface area contributed by atoms with E-state index in [1.54, 1.807) is 6.08 Å². The lowest BCUT2D eigenvalue weighted by Crippen LogP contribution is -2.34. The number of rotatable bonds is 1.